The van der Waals surface area contributed by atoms with Crippen LogP contribution in [0.4, 0.5) is 0 Å². The van der Waals surface area contributed by atoms with E-state index in [0.717, 1.165) is 21.8 Å². The molecule has 1 aromatic heterocycles. The van der Waals surface area contributed by atoms with E-state index in [1.54, 1.807) is 0 Å². The molecule has 1 heterocycles. The molecule has 0 aliphatic rings. The Labute approximate surface area is 243 Å². The molecule has 0 spiro atoms. The molecule has 0 saturated heterocycles. The van der Waals surface area contributed by atoms with Crippen molar-refractivity contribution in [2.75, 3.05) is 0 Å². The van der Waals surface area contributed by atoms with Crippen LogP contribution < -0.4 is 0 Å². The molecule has 0 amide bonds. The van der Waals surface area contributed by atoms with Crippen molar-refractivity contribution >= 4 is 64.9 Å². The van der Waals surface area contributed by atoms with Gasteiger partial charge in [-0.1, -0.05) is 133 Å². The maximum atomic E-state index is 5.15. The Hall–Kier alpha value is -5.53. The standard InChI is InChI=1S/C41H25N/c1-3-15-29-26(12-1)14-11-22-31(29)39-32-17-5-7-19-34(32)40(35-20-8-6-18-33(35)39)37-25-28-24-27-13-2-10-23-38(27)42-41(28)36-21-9-4-16-30(36)37/h1-25H. The first kappa shape index (κ1) is 23.2. The highest BCUT2D eigenvalue weighted by atomic mass is 14.7. The van der Waals surface area contributed by atoms with Gasteiger partial charge < -0.3 is 0 Å². The van der Waals surface area contributed by atoms with Crippen LogP contribution in [0, 0.1) is 0 Å². The molecule has 9 aromatic rings. The van der Waals surface area contributed by atoms with Crippen molar-refractivity contribution in [3.8, 4) is 22.3 Å². The van der Waals surface area contributed by atoms with E-state index in [0.29, 0.717) is 0 Å². The third kappa shape index (κ3) is 3.34. The van der Waals surface area contributed by atoms with Crippen LogP contribution in [0.1, 0.15) is 0 Å². The van der Waals surface area contributed by atoms with E-state index in [2.05, 4.69) is 152 Å². The zero-order valence-electron chi connectivity index (χ0n) is 22.9. The Morgan fingerprint density at radius 1 is 0.310 bits per heavy atom. The summed E-state index contributed by atoms with van der Waals surface area (Å²) >= 11 is 0. The van der Waals surface area contributed by atoms with Crippen molar-refractivity contribution in [2.45, 2.75) is 0 Å². The Kier molecular flexibility index (Phi) is 4.97. The summed E-state index contributed by atoms with van der Waals surface area (Å²) in [7, 11) is 0. The van der Waals surface area contributed by atoms with E-state index in [4.69, 9.17) is 4.98 Å². The zero-order valence-corrected chi connectivity index (χ0v) is 22.9. The number of rotatable bonds is 2. The molecule has 0 bridgehead atoms. The lowest BCUT2D eigenvalue weighted by Gasteiger charge is -2.20. The van der Waals surface area contributed by atoms with Crippen molar-refractivity contribution in [1.29, 1.82) is 0 Å². The van der Waals surface area contributed by atoms with Gasteiger partial charge in [-0.15, -0.1) is 0 Å². The third-order valence-corrected chi connectivity index (χ3v) is 8.79. The van der Waals surface area contributed by atoms with Gasteiger partial charge >= 0.3 is 0 Å². The van der Waals surface area contributed by atoms with Crippen LogP contribution in [-0.2, 0) is 0 Å². The van der Waals surface area contributed by atoms with Crippen LogP contribution in [-0.4, -0.2) is 4.98 Å². The predicted molar refractivity (Wildman–Crippen MR) is 180 cm³/mol. The van der Waals surface area contributed by atoms with Crippen molar-refractivity contribution in [3.63, 3.8) is 0 Å². The number of pyridine rings is 1. The molecule has 194 valence electrons. The van der Waals surface area contributed by atoms with Crippen molar-refractivity contribution in [1.82, 2.24) is 4.98 Å². The monoisotopic (exact) mass is 531 g/mol. The van der Waals surface area contributed by atoms with Crippen LogP contribution in [0.5, 0.6) is 0 Å². The zero-order chi connectivity index (χ0) is 27.6. The summed E-state index contributed by atoms with van der Waals surface area (Å²) in [6.07, 6.45) is 0. The number of fused-ring (bicyclic) bond motifs is 7. The van der Waals surface area contributed by atoms with E-state index >= 15 is 0 Å². The van der Waals surface area contributed by atoms with Crippen molar-refractivity contribution < 1.29 is 0 Å². The number of para-hydroxylation sites is 1. The van der Waals surface area contributed by atoms with Gasteiger partial charge in [-0.3, -0.25) is 0 Å². The minimum absolute atomic E-state index is 1.03. The second-order valence-corrected chi connectivity index (χ2v) is 11.1. The van der Waals surface area contributed by atoms with Crippen LogP contribution in [0.15, 0.2) is 152 Å². The van der Waals surface area contributed by atoms with Gasteiger partial charge in [0.2, 0.25) is 0 Å². The molecule has 1 heteroatoms. The molecule has 8 aromatic carbocycles. The summed E-state index contributed by atoms with van der Waals surface area (Å²) in [6, 6.07) is 55.0. The SMILES string of the molecule is c1ccc2nc3c(cc(-c4c5ccccc5c(-c5cccc6ccccc56)c5ccccc45)c4ccccc43)cc2c1. The fraction of sp³-hybridized carbons (Fsp3) is 0. The molecule has 0 unspecified atom stereocenters. The highest BCUT2D eigenvalue weighted by Crippen LogP contribution is 2.47. The fourth-order valence-electron chi connectivity index (χ4n) is 6.97. The van der Waals surface area contributed by atoms with Gasteiger partial charge in [0.1, 0.15) is 0 Å². The molecule has 0 radical (unpaired) electrons. The number of nitrogens with zero attached hydrogens (tertiary/aromatic N) is 1. The molecule has 0 N–H and O–H groups in total. The van der Waals surface area contributed by atoms with E-state index in [1.165, 1.54) is 65.3 Å². The minimum atomic E-state index is 1.03. The van der Waals surface area contributed by atoms with Crippen molar-refractivity contribution in [3.05, 3.63) is 152 Å². The van der Waals surface area contributed by atoms with E-state index in [-0.39, 0.29) is 0 Å². The predicted octanol–water partition coefficient (Wildman–Crippen LogP) is 11.3. The average Bonchev–Trinajstić information content (AvgIpc) is 3.06. The molecular weight excluding hydrogens is 506 g/mol. The third-order valence-electron chi connectivity index (χ3n) is 8.79. The van der Waals surface area contributed by atoms with Crippen LogP contribution in [0.25, 0.3) is 87.1 Å². The van der Waals surface area contributed by atoms with E-state index in [9.17, 15) is 0 Å². The largest absolute Gasteiger partial charge is 0.247 e. The van der Waals surface area contributed by atoms with Gasteiger partial charge in [0.15, 0.2) is 0 Å². The first-order valence-electron chi connectivity index (χ1n) is 14.5. The summed E-state index contributed by atoms with van der Waals surface area (Å²) < 4.78 is 0. The molecule has 9 rings (SSSR count). The first-order chi connectivity index (χ1) is 20.8. The molecule has 0 fully saturated rings. The fourth-order valence-corrected chi connectivity index (χ4v) is 6.97. The Morgan fingerprint density at radius 3 is 1.50 bits per heavy atom. The van der Waals surface area contributed by atoms with Gasteiger partial charge in [-0.25, -0.2) is 4.98 Å². The number of hydrogen-bond donors (Lipinski definition) is 0. The topological polar surface area (TPSA) is 12.9 Å². The molecule has 42 heavy (non-hydrogen) atoms. The van der Waals surface area contributed by atoms with Crippen LogP contribution in [0.3, 0.4) is 0 Å². The van der Waals surface area contributed by atoms with Gasteiger partial charge in [-0.2, -0.15) is 0 Å². The smallest absolute Gasteiger partial charge is 0.0788 e. The molecule has 0 saturated carbocycles. The second-order valence-electron chi connectivity index (χ2n) is 11.1. The number of aromatic nitrogens is 1. The van der Waals surface area contributed by atoms with Gasteiger partial charge in [0, 0.05) is 16.2 Å². The quantitative estimate of drug-likeness (QED) is 0.160. The van der Waals surface area contributed by atoms with E-state index < -0.39 is 0 Å². The Morgan fingerprint density at radius 2 is 0.810 bits per heavy atom. The lowest BCUT2D eigenvalue weighted by atomic mass is 9.83. The highest BCUT2D eigenvalue weighted by molar-refractivity contribution is 6.27. The normalized spacial score (nSPS) is 11.8. The average molecular weight is 532 g/mol. The maximum Gasteiger partial charge on any atom is 0.0788 e. The Bertz CT molecular complexity index is 2460. The maximum absolute atomic E-state index is 5.15. The van der Waals surface area contributed by atoms with Gasteiger partial charge in [-0.05, 0) is 78.2 Å². The molecule has 0 aliphatic carbocycles. The summed E-state index contributed by atoms with van der Waals surface area (Å²) in [5.74, 6) is 0. The van der Waals surface area contributed by atoms with Gasteiger partial charge in [0.05, 0.1) is 11.0 Å². The molecule has 0 aliphatic heterocycles. The molecular formula is C41H25N. The first-order valence-corrected chi connectivity index (χ1v) is 14.5. The van der Waals surface area contributed by atoms with Crippen LogP contribution >= 0.6 is 0 Å². The lowest BCUT2D eigenvalue weighted by molar-refractivity contribution is 1.51. The highest BCUT2D eigenvalue weighted by Gasteiger charge is 2.20. The molecule has 0 atom stereocenters. The van der Waals surface area contributed by atoms with Gasteiger partial charge in [0.25, 0.3) is 0 Å². The minimum Gasteiger partial charge on any atom is -0.247 e. The summed E-state index contributed by atoms with van der Waals surface area (Å²) in [5.41, 5.74) is 7.15. The van der Waals surface area contributed by atoms with E-state index in [1.807, 2.05) is 0 Å². The lowest BCUT2D eigenvalue weighted by Crippen LogP contribution is -1.93. The number of hydrogen-bond acceptors (Lipinski definition) is 1. The number of benzene rings is 8. The summed E-state index contributed by atoms with van der Waals surface area (Å²) in [6.45, 7) is 0. The summed E-state index contributed by atoms with van der Waals surface area (Å²) in [4.78, 5) is 5.15. The van der Waals surface area contributed by atoms with Crippen LogP contribution in [0.2, 0.25) is 0 Å². The molecule has 1 nitrogen and oxygen atoms in total. The Balaban J connectivity index is 1.47. The summed E-state index contributed by atoms with van der Waals surface area (Å²) in [5, 5.41) is 12.3. The second kappa shape index (κ2) is 8.99. The van der Waals surface area contributed by atoms with Crippen molar-refractivity contribution in [2.24, 2.45) is 0 Å².